The maximum absolute atomic E-state index is 14.2. The number of nitrogens with one attached hydrogen (secondary N) is 1. The van der Waals surface area contributed by atoms with Crippen molar-refractivity contribution in [2.75, 3.05) is 14.2 Å². The molecule has 33 heavy (non-hydrogen) atoms. The van der Waals surface area contributed by atoms with Crippen molar-refractivity contribution >= 4 is 56.3 Å². The molecule has 5 rings (SSSR count). The highest BCUT2D eigenvalue weighted by Crippen LogP contribution is 2.55. The first-order chi connectivity index (χ1) is 15.7. The number of hydrogen-bond acceptors (Lipinski definition) is 7. The summed E-state index contributed by atoms with van der Waals surface area (Å²) in [6, 6.07) is 5.27. The van der Waals surface area contributed by atoms with Crippen LogP contribution in [0.25, 0.3) is 0 Å². The highest BCUT2D eigenvalue weighted by molar-refractivity contribution is 9.11. The molecule has 0 saturated heterocycles. The number of benzene rings is 1. The first kappa shape index (κ1) is 22.4. The van der Waals surface area contributed by atoms with E-state index in [9.17, 15) is 14.4 Å². The van der Waals surface area contributed by atoms with Crippen LogP contribution in [0.3, 0.4) is 0 Å². The van der Waals surface area contributed by atoms with Gasteiger partial charge < -0.3 is 19.5 Å². The summed E-state index contributed by atoms with van der Waals surface area (Å²) in [5, 5.41) is 2.96. The molecule has 172 valence electrons. The molecule has 2 aromatic rings. The van der Waals surface area contributed by atoms with E-state index in [0.717, 1.165) is 8.66 Å². The Kier molecular flexibility index (Phi) is 5.34. The molecule has 7 nitrogen and oxygen atoms in total. The van der Waals surface area contributed by atoms with Crippen molar-refractivity contribution < 1.29 is 28.6 Å². The van der Waals surface area contributed by atoms with Crippen LogP contribution in [0.1, 0.15) is 40.9 Å². The molecule has 0 fully saturated rings. The zero-order valence-corrected chi connectivity index (χ0v) is 21.1. The standard InChI is InChI=1S/C23H19BrClNO6S/c1-9-6-11-17(10(7-16(27)26-11)14-4-5-15(24)33-14)21(28)23(9)22(29)18-12(30-2)8-13(31-3)19(25)20(18)32-23/h4-5,8-10H,6-7H2,1-3H3,(H,26,27). The topological polar surface area (TPSA) is 90.9 Å². The molecule has 10 heteroatoms. The van der Waals surface area contributed by atoms with Gasteiger partial charge in [-0.2, -0.15) is 0 Å². The quantitative estimate of drug-likeness (QED) is 0.557. The molecule has 3 unspecified atom stereocenters. The smallest absolute Gasteiger partial charge is 0.236 e. The zero-order valence-electron chi connectivity index (χ0n) is 17.9. The third kappa shape index (κ3) is 3.09. The van der Waals surface area contributed by atoms with Crippen LogP contribution < -0.4 is 19.5 Å². The summed E-state index contributed by atoms with van der Waals surface area (Å²) in [6.45, 7) is 1.76. The third-order valence-electron chi connectivity index (χ3n) is 6.50. The van der Waals surface area contributed by atoms with Crippen LogP contribution in [0.5, 0.6) is 17.2 Å². The van der Waals surface area contributed by atoms with Crippen molar-refractivity contribution in [1.82, 2.24) is 5.32 Å². The van der Waals surface area contributed by atoms with Gasteiger partial charge in [-0.1, -0.05) is 18.5 Å². The van der Waals surface area contributed by atoms with Crippen LogP contribution in [0.4, 0.5) is 0 Å². The number of hydrogen-bond donors (Lipinski definition) is 1. The molecule has 1 amide bonds. The second kappa shape index (κ2) is 7.85. The number of rotatable bonds is 3. The van der Waals surface area contributed by atoms with Gasteiger partial charge in [0.2, 0.25) is 23.1 Å². The maximum Gasteiger partial charge on any atom is 0.236 e. The Morgan fingerprint density at radius 2 is 1.88 bits per heavy atom. The van der Waals surface area contributed by atoms with E-state index in [4.69, 9.17) is 25.8 Å². The van der Waals surface area contributed by atoms with Crippen LogP contribution in [0.15, 0.2) is 33.3 Å². The predicted octanol–water partition coefficient (Wildman–Crippen LogP) is 4.66. The number of amides is 1. The molecule has 0 bridgehead atoms. The fraction of sp³-hybridized carbons (Fsp3) is 0.348. The summed E-state index contributed by atoms with van der Waals surface area (Å²) in [5.41, 5.74) is -0.709. The van der Waals surface area contributed by atoms with Crippen molar-refractivity contribution in [2.24, 2.45) is 5.92 Å². The summed E-state index contributed by atoms with van der Waals surface area (Å²) >= 11 is 11.4. The molecule has 0 saturated carbocycles. The second-order valence-corrected chi connectivity index (χ2v) is 11.1. The molecule has 2 aliphatic heterocycles. The number of Topliss-reactive ketones (excluding diaryl/α,β-unsaturated/α-hetero) is 2. The minimum Gasteiger partial charge on any atom is -0.496 e. The number of fused-ring (bicyclic) bond motifs is 1. The van der Waals surface area contributed by atoms with Gasteiger partial charge in [-0.25, -0.2) is 0 Å². The van der Waals surface area contributed by atoms with E-state index in [0.29, 0.717) is 17.7 Å². The average molecular weight is 553 g/mol. The minimum atomic E-state index is -1.79. The summed E-state index contributed by atoms with van der Waals surface area (Å²) < 4.78 is 17.8. The van der Waals surface area contributed by atoms with E-state index >= 15 is 0 Å². The molecular formula is C23H19BrClNO6S. The number of ketones is 2. The summed E-state index contributed by atoms with van der Waals surface area (Å²) in [7, 11) is 2.87. The SMILES string of the molecule is COc1cc(OC)c2c(c1Cl)OC1(C(=O)C3=C(CC1C)NC(=O)CC3c1ccc(Br)s1)C2=O. The van der Waals surface area contributed by atoms with Gasteiger partial charge in [0.25, 0.3) is 0 Å². The average Bonchev–Trinajstić information content (AvgIpc) is 3.35. The number of carbonyl (C=O) groups is 3. The lowest BCUT2D eigenvalue weighted by Crippen LogP contribution is -2.59. The van der Waals surface area contributed by atoms with Crippen LogP contribution in [-0.2, 0) is 9.59 Å². The Balaban J connectivity index is 1.67. The highest BCUT2D eigenvalue weighted by atomic mass is 79.9. The van der Waals surface area contributed by atoms with Crippen molar-refractivity contribution in [2.45, 2.75) is 31.3 Å². The largest absolute Gasteiger partial charge is 0.496 e. The molecule has 3 aliphatic rings. The minimum absolute atomic E-state index is 0.0809. The predicted molar refractivity (Wildman–Crippen MR) is 126 cm³/mol. The molecule has 0 radical (unpaired) electrons. The summed E-state index contributed by atoms with van der Waals surface area (Å²) in [5.74, 6) is -1.54. The van der Waals surface area contributed by atoms with Crippen molar-refractivity contribution in [3.63, 3.8) is 0 Å². The van der Waals surface area contributed by atoms with E-state index in [2.05, 4.69) is 21.2 Å². The van der Waals surface area contributed by atoms with Crippen LogP contribution in [0.2, 0.25) is 5.02 Å². The number of halogens is 2. The van der Waals surface area contributed by atoms with Gasteiger partial charge in [-0.15, -0.1) is 11.3 Å². The molecule has 1 aliphatic carbocycles. The highest BCUT2D eigenvalue weighted by Gasteiger charge is 2.63. The van der Waals surface area contributed by atoms with Gasteiger partial charge in [0, 0.05) is 40.5 Å². The Bertz CT molecular complexity index is 1270. The van der Waals surface area contributed by atoms with Gasteiger partial charge in [0.15, 0.2) is 5.75 Å². The molecule has 1 aromatic heterocycles. The van der Waals surface area contributed by atoms with Gasteiger partial charge in [-0.3, -0.25) is 14.4 Å². The fourth-order valence-corrected chi connectivity index (χ4v) is 6.75. The Hall–Kier alpha value is -2.36. The Morgan fingerprint density at radius 1 is 1.15 bits per heavy atom. The first-order valence-corrected chi connectivity index (χ1v) is 12.2. The Labute approximate surface area is 207 Å². The number of carbonyl (C=O) groups excluding carboxylic acids is 3. The van der Waals surface area contributed by atoms with Gasteiger partial charge in [-0.05, 0) is 34.5 Å². The van der Waals surface area contributed by atoms with Crippen LogP contribution in [-0.4, -0.2) is 37.3 Å². The van der Waals surface area contributed by atoms with E-state index in [1.165, 1.54) is 31.6 Å². The molecule has 1 spiro atoms. The van der Waals surface area contributed by atoms with Crippen molar-refractivity contribution in [3.05, 3.63) is 48.7 Å². The van der Waals surface area contributed by atoms with Gasteiger partial charge in [0.05, 0.1) is 18.0 Å². The third-order valence-corrected chi connectivity index (χ3v) is 8.59. The van der Waals surface area contributed by atoms with Crippen LogP contribution >= 0.6 is 38.9 Å². The normalized spacial score (nSPS) is 26.2. The summed E-state index contributed by atoms with van der Waals surface area (Å²) in [4.78, 5) is 41.4. The molecule has 1 N–H and O–H groups in total. The van der Waals surface area contributed by atoms with E-state index < -0.39 is 29.0 Å². The van der Waals surface area contributed by atoms with Gasteiger partial charge >= 0.3 is 0 Å². The molecular weight excluding hydrogens is 534 g/mol. The first-order valence-electron chi connectivity index (χ1n) is 10.2. The fourth-order valence-electron chi connectivity index (χ4n) is 4.95. The van der Waals surface area contributed by atoms with E-state index in [-0.39, 0.29) is 40.2 Å². The van der Waals surface area contributed by atoms with Crippen LogP contribution in [0, 0.1) is 5.92 Å². The zero-order chi connectivity index (χ0) is 23.7. The monoisotopic (exact) mass is 551 g/mol. The lowest BCUT2D eigenvalue weighted by molar-refractivity contribution is -0.131. The number of thiophene rings is 1. The lowest BCUT2D eigenvalue weighted by Gasteiger charge is -2.41. The van der Waals surface area contributed by atoms with Gasteiger partial charge in [0.1, 0.15) is 22.1 Å². The van der Waals surface area contributed by atoms with Crippen molar-refractivity contribution in [1.29, 1.82) is 0 Å². The van der Waals surface area contributed by atoms with Crippen molar-refractivity contribution in [3.8, 4) is 17.2 Å². The number of methoxy groups -OCH3 is 2. The Morgan fingerprint density at radius 3 is 2.52 bits per heavy atom. The summed E-state index contributed by atoms with van der Waals surface area (Å²) in [6.07, 6.45) is 0.410. The lowest BCUT2D eigenvalue weighted by atomic mass is 9.67. The second-order valence-electron chi connectivity index (χ2n) is 8.24. The van der Waals surface area contributed by atoms with E-state index in [1.807, 2.05) is 12.1 Å². The molecule has 1 aromatic carbocycles. The van der Waals surface area contributed by atoms with E-state index in [1.54, 1.807) is 6.92 Å². The number of ether oxygens (including phenoxy) is 3. The molecule has 3 heterocycles. The maximum atomic E-state index is 14.2. The number of allylic oxidation sites excluding steroid dienone is 1. The molecule has 3 atom stereocenters.